The summed E-state index contributed by atoms with van der Waals surface area (Å²) in [7, 11) is 0. The van der Waals surface area contributed by atoms with Crippen molar-refractivity contribution in [1.82, 2.24) is 0 Å². The van der Waals surface area contributed by atoms with Crippen molar-refractivity contribution >= 4 is 25.4 Å². The van der Waals surface area contributed by atoms with E-state index in [-0.39, 0.29) is 24.8 Å². The van der Waals surface area contributed by atoms with E-state index in [1.54, 1.807) is 14.9 Å². The van der Waals surface area contributed by atoms with E-state index in [1.165, 1.54) is 118 Å². The summed E-state index contributed by atoms with van der Waals surface area (Å²) in [6.07, 6.45) is 31.2. The molecule has 3 aromatic rings. The summed E-state index contributed by atoms with van der Waals surface area (Å²) in [5.41, 5.74) is 3.17. The molecule has 0 spiro atoms. The van der Waals surface area contributed by atoms with E-state index in [0.29, 0.717) is 0 Å². The standard InChI is InChI=1S/C25H29.C6H10.C5H5.2ClH.Ti/c1-3-7-18(8-4-1)20-11-13-22-15-23-14-12-21(17-25(23)24(22)16-20)19-9-5-2-6-10-19;1-2-4-6-5-3-1;1-2-4-5-3-1;;;/h11-19H,1-10H2;1-5H2;1-3H,4H2;2*1H;/q-1;;-1;;;+2/p-2. The SMILES string of the molecule is [C-]1=CC=CC1.[Cl-].[Cl-].[Ti+2]=[C]1CCCCC1.c1cc2[cH-]c3ccc(C4CCCCC4)cc3c2cc1C1CCCCC1. The van der Waals surface area contributed by atoms with Gasteiger partial charge in [-0.25, -0.2) is 12.2 Å². The fourth-order valence-corrected chi connectivity index (χ4v) is 7.28. The molecule has 0 atom stereocenters. The predicted molar refractivity (Wildman–Crippen MR) is 158 cm³/mol. The summed E-state index contributed by atoms with van der Waals surface area (Å²) in [5.74, 6) is 1.59. The fourth-order valence-electron chi connectivity index (χ4n) is 6.73. The molecule has 3 aromatic carbocycles. The van der Waals surface area contributed by atoms with Crippen LogP contribution in [0.2, 0.25) is 0 Å². The van der Waals surface area contributed by atoms with Gasteiger partial charge in [-0.1, -0.05) is 73.9 Å². The Morgan fingerprint density at radius 1 is 0.641 bits per heavy atom. The number of rotatable bonds is 2. The van der Waals surface area contributed by atoms with Gasteiger partial charge in [0, 0.05) is 0 Å². The molecule has 0 aromatic heterocycles. The monoisotopic (exact) mass is 594 g/mol. The van der Waals surface area contributed by atoms with Crippen LogP contribution in [0, 0.1) is 6.08 Å². The third kappa shape index (κ3) is 9.23. The Bertz CT molecular complexity index is 1130. The maximum absolute atomic E-state index is 2.99. The molecule has 4 aliphatic carbocycles. The molecule has 0 saturated heterocycles. The Hall–Kier alpha value is -1.05. The molecule has 39 heavy (non-hydrogen) atoms. The van der Waals surface area contributed by atoms with Crippen molar-refractivity contribution < 1.29 is 44.8 Å². The number of benzene rings is 2. The molecule has 0 radical (unpaired) electrons. The van der Waals surface area contributed by atoms with E-state index in [4.69, 9.17) is 0 Å². The van der Waals surface area contributed by atoms with Crippen LogP contribution in [0.5, 0.6) is 0 Å². The van der Waals surface area contributed by atoms with E-state index < -0.39 is 0 Å². The first-order chi connectivity index (χ1) is 18.3. The normalized spacial score (nSPS) is 19.5. The minimum absolute atomic E-state index is 0. The molecule has 0 bridgehead atoms. The summed E-state index contributed by atoms with van der Waals surface area (Å²) in [6, 6.07) is 17.0. The maximum atomic E-state index is 2.99. The van der Waals surface area contributed by atoms with E-state index in [2.05, 4.69) is 74.6 Å². The van der Waals surface area contributed by atoms with Gasteiger partial charge in [0.2, 0.25) is 0 Å². The van der Waals surface area contributed by atoms with Gasteiger partial charge in [-0.3, -0.25) is 6.08 Å². The second-order valence-corrected chi connectivity index (χ2v) is 12.8. The van der Waals surface area contributed by atoms with Gasteiger partial charge in [-0.05, 0) is 37.5 Å². The second kappa shape index (κ2) is 17.0. The van der Waals surface area contributed by atoms with Crippen LogP contribution in [0.4, 0.5) is 0 Å². The van der Waals surface area contributed by atoms with Crippen molar-refractivity contribution in [2.75, 3.05) is 0 Å². The molecule has 208 valence electrons. The number of allylic oxidation sites excluding steroid dienone is 4. The molecule has 3 heteroatoms. The van der Waals surface area contributed by atoms with Crippen molar-refractivity contribution in [2.24, 2.45) is 0 Å². The summed E-state index contributed by atoms with van der Waals surface area (Å²) in [5, 5.41) is 5.84. The van der Waals surface area contributed by atoms with Crippen LogP contribution in [0.1, 0.15) is 126 Å². The molecule has 3 fully saturated rings. The van der Waals surface area contributed by atoms with E-state index in [9.17, 15) is 0 Å². The van der Waals surface area contributed by atoms with Crippen LogP contribution in [0.25, 0.3) is 21.5 Å². The Kier molecular flexibility index (Phi) is 14.2. The van der Waals surface area contributed by atoms with Gasteiger partial charge >= 0.3 is 55.9 Å². The second-order valence-electron chi connectivity index (χ2n) is 11.7. The van der Waals surface area contributed by atoms with Crippen LogP contribution < -0.4 is 24.8 Å². The average Bonchev–Trinajstić information content (AvgIpc) is 3.66. The third-order valence-corrected chi connectivity index (χ3v) is 9.73. The summed E-state index contributed by atoms with van der Waals surface area (Å²) >= 11 is 2.28. The zero-order valence-corrected chi connectivity index (χ0v) is 26.6. The Morgan fingerprint density at radius 2 is 1.13 bits per heavy atom. The van der Waals surface area contributed by atoms with Gasteiger partial charge in [0.25, 0.3) is 0 Å². The molecule has 3 saturated carbocycles. The number of halogens is 2. The molecular formula is C36H44Cl2Ti-2. The van der Waals surface area contributed by atoms with Gasteiger partial charge in [0.15, 0.2) is 0 Å². The van der Waals surface area contributed by atoms with Crippen LogP contribution >= 0.6 is 0 Å². The van der Waals surface area contributed by atoms with Crippen LogP contribution in [-0.4, -0.2) is 3.81 Å². The maximum Gasteiger partial charge on any atom is -0.0175 e. The predicted octanol–water partition coefficient (Wildman–Crippen LogP) is 4.79. The molecule has 0 aliphatic heterocycles. The van der Waals surface area contributed by atoms with Crippen molar-refractivity contribution in [2.45, 2.75) is 115 Å². The third-order valence-electron chi connectivity index (χ3n) is 8.95. The minimum atomic E-state index is 0. The van der Waals surface area contributed by atoms with Crippen molar-refractivity contribution in [3.63, 3.8) is 0 Å². The van der Waals surface area contributed by atoms with Gasteiger partial charge in [-0.2, -0.15) is 6.08 Å². The topological polar surface area (TPSA) is 0 Å². The number of hydrogen-bond donors (Lipinski definition) is 0. The van der Waals surface area contributed by atoms with Gasteiger partial charge < -0.3 is 24.8 Å². The quantitative estimate of drug-likeness (QED) is 0.296. The Labute approximate surface area is 261 Å². The fraction of sp³-hybridized carbons (Fsp3) is 0.500. The zero-order valence-electron chi connectivity index (χ0n) is 23.5. The minimum Gasteiger partial charge on any atom is -0.126 e. The molecular weight excluding hydrogens is 551 g/mol. The summed E-state index contributed by atoms with van der Waals surface area (Å²) in [6.45, 7) is 0. The van der Waals surface area contributed by atoms with Crippen LogP contribution in [0.3, 0.4) is 0 Å². The van der Waals surface area contributed by atoms with E-state index >= 15 is 0 Å². The van der Waals surface area contributed by atoms with Crippen molar-refractivity contribution in [3.8, 4) is 0 Å². The zero-order chi connectivity index (χ0) is 25.3. The number of hydrogen-bond acceptors (Lipinski definition) is 0. The molecule has 0 nitrogen and oxygen atoms in total. The molecule has 0 unspecified atom stereocenters. The summed E-state index contributed by atoms with van der Waals surface area (Å²) < 4.78 is 1.71. The van der Waals surface area contributed by atoms with Gasteiger partial charge in [0.05, 0.1) is 0 Å². The van der Waals surface area contributed by atoms with Crippen molar-refractivity contribution in [3.05, 3.63) is 77.9 Å². The first kappa shape index (κ1) is 32.5. The smallest absolute Gasteiger partial charge is 0.0175 e. The number of fused-ring (bicyclic) bond motifs is 3. The molecule has 7 rings (SSSR count). The average molecular weight is 596 g/mol. The first-order valence-corrected chi connectivity index (χ1v) is 16.0. The van der Waals surface area contributed by atoms with Crippen LogP contribution in [0.15, 0.2) is 60.7 Å². The van der Waals surface area contributed by atoms with E-state index in [0.717, 1.165) is 18.3 Å². The van der Waals surface area contributed by atoms with Gasteiger partial charge in [-0.15, -0.1) is 46.2 Å². The molecule has 4 aliphatic rings. The summed E-state index contributed by atoms with van der Waals surface area (Å²) in [4.78, 5) is 0. The Morgan fingerprint density at radius 3 is 1.49 bits per heavy atom. The van der Waals surface area contributed by atoms with E-state index in [1.807, 2.05) is 12.2 Å². The van der Waals surface area contributed by atoms with Crippen molar-refractivity contribution in [1.29, 1.82) is 0 Å². The molecule has 0 heterocycles. The largest absolute Gasteiger partial charge is 0.126 e. The van der Waals surface area contributed by atoms with Gasteiger partial charge in [0.1, 0.15) is 0 Å². The van der Waals surface area contributed by atoms with Crippen LogP contribution in [-0.2, 0) is 20.0 Å². The molecule has 0 N–H and O–H groups in total. The first-order valence-electron chi connectivity index (χ1n) is 15.2. The molecule has 0 amide bonds. The Balaban J connectivity index is 0.000000250.